The zero-order valence-electron chi connectivity index (χ0n) is 10.8. The number of hydrogen-bond donors (Lipinski definition) is 1. The Hall–Kier alpha value is -1.93. The molecule has 1 aromatic rings. The number of nitrogens with zero attached hydrogens (tertiary/aromatic N) is 3. The standard InChI is InChI=1S/C14H15N3O2/c1-9-10(6-15)2-5-12(16-9)13(18)17-7-14(19,8-17)11-3-4-11/h2,5,11,19H,3-4,7-8H2,1H3. The monoisotopic (exact) mass is 257 g/mol. The third kappa shape index (κ3) is 1.98. The van der Waals surface area contributed by atoms with Crippen molar-refractivity contribution in [3.8, 4) is 6.07 Å². The lowest BCUT2D eigenvalue weighted by atomic mass is 9.88. The van der Waals surface area contributed by atoms with Crippen molar-refractivity contribution in [2.75, 3.05) is 13.1 Å². The van der Waals surface area contributed by atoms with Gasteiger partial charge < -0.3 is 10.0 Å². The van der Waals surface area contributed by atoms with Gasteiger partial charge in [0.25, 0.3) is 5.91 Å². The molecule has 2 aliphatic rings. The molecule has 5 nitrogen and oxygen atoms in total. The quantitative estimate of drug-likeness (QED) is 0.852. The fourth-order valence-electron chi connectivity index (χ4n) is 2.60. The zero-order chi connectivity index (χ0) is 13.6. The summed E-state index contributed by atoms with van der Waals surface area (Å²) in [4.78, 5) is 18.0. The summed E-state index contributed by atoms with van der Waals surface area (Å²) in [5.74, 6) is 0.199. The highest BCUT2D eigenvalue weighted by Gasteiger charge is 2.53. The van der Waals surface area contributed by atoms with Crippen molar-refractivity contribution in [1.29, 1.82) is 5.26 Å². The lowest BCUT2D eigenvalue weighted by Crippen LogP contribution is -2.64. The maximum absolute atomic E-state index is 12.2. The van der Waals surface area contributed by atoms with Crippen LogP contribution in [-0.4, -0.2) is 39.6 Å². The van der Waals surface area contributed by atoms with Crippen LogP contribution in [0, 0.1) is 24.2 Å². The molecule has 1 N–H and O–H groups in total. The highest BCUT2D eigenvalue weighted by atomic mass is 16.3. The van der Waals surface area contributed by atoms with Gasteiger partial charge in [-0.2, -0.15) is 5.26 Å². The summed E-state index contributed by atoms with van der Waals surface area (Å²) in [5, 5.41) is 19.0. The van der Waals surface area contributed by atoms with E-state index in [9.17, 15) is 9.90 Å². The van der Waals surface area contributed by atoms with Crippen molar-refractivity contribution in [3.63, 3.8) is 0 Å². The number of nitriles is 1. The molecular weight excluding hydrogens is 242 g/mol. The van der Waals surface area contributed by atoms with Crippen LogP contribution in [0.4, 0.5) is 0 Å². The number of carbonyl (C=O) groups excluding carboxylic acids is 1. The van der Waals surface area contributed by atoms with Gasteiger partial charge in [0.15, 0.2) is 0 Å². The molecule has 0 aromatic carbocycles. The normalized spacial score (nSPS) is 20.6. The number of aryl methyl sites for hydroxylation is 1. The van der Waals surface area contributed by atoms with Gasteiger partial charge in [0, 0.05) is 0 Å². The van der Waals surface area contributed by atoms with E-state index >= 15 is 0 Å². The summed E-state index contributed by atoms with van der Waals surface area (Å²) in [7, 11) is 0. The van der Waals surface area contributed by atoms with Crippen LogP contribution in [0.5, 0.6) is 0 Å². The van der Waals surface area contributed by atoms with Crippen LogP contribution in [-0.2, 0) is 0 Å². The summed E-state index contributed by atoms with van der Waals surface area (Å²) in [6.07, 6.45) is 2.12. The molecule has 5 heteroatoms. The van der Waals surface area contributed by atoms with E-state index in [1.165, 1.54) is 0 Å². The van der Waals surface area contributed by atoms with E-state index in [1.54, 1.807) is 24.0 Å². The summed E-state index contributed by atoms with van der Waals surface area (Å²) in [6.45, 7) is 2.51. The Morgan fingerprint density at radius 2 is 2.21 bits per heavy atom. The van der Waals surface area contributed by atoms with Crippen LogP contribution in [0.15, 0.2) is 12.1 Å². The van der Waals surface area contributed by atoms with Crippen molar-refractivity contribution in [2.45, 2.75) is 25.4 Å². The fourth-order valence-corrected chi connectivity index (χ4v) is 2.60. The number of β-amino-alcohol motifs (C(OH)–C–C–N with tert-alkyl or cyclic N) is 1. The predicted molar refractivity (Wildman–Crippen MR) is 67.3 cm³/mol. The maximum atomic E-state index is 12.2. The first-order valence-electron chi connectivity index (χ1n) is 6.43. The molecule has 1 amide bonds. The third-order valence-corrected chi connectivity index (χ3v) is 3.98. The first-order valence-corrected chi connectivity index (χ1v) is 6.43. The van der Waals surface area contributed by atoms with Gasteiger partial charge in [-0.1, -0.05) is 0 Å². The number of amides is 1. The molecule has 1 aliphatic carbocycles. The maximum Gasteiger partial charge on any atom is 0.272 e. The first-order chi connectivity index (χ1) is 9.03. The van der Waals surface area contributed by atoms with Crippen LogP contribution in [0.3, 0.4) is 0 Å². The molecule has 98 valence electrons. The Bertz CT molecular complexity index is 581. The minimum absolute atomic E-state index is 0.169. The number of aliphatic hydroxyl groups is 1. The van der Waals surface area contributed by atoms with Crippen molar-refractivity contribution in [3.05, 3.63) is 29.1 Å². The average Bonchev–Trinajstić information content (AvgIpc) is 3.18. The first kappa shape index (κ1) is 12.1. The van der Waals surface area contributed by atoms with E-state index in [1.807, 2.05) is 6.07 Å². The Morgan fingerprint density at radius 1 is 1.53 bits per heavy atom. The highest BCUT2D eigenvalue weighted by Crippen LogP contribution is 2.44. The molecule has 2 fully saturated rings. The molecular formula is C14H15N3O2. The van der Waals surface area contributed by atoms with Crippen LogP contribution in [0.25, 0.3) is 0 Å². The number of rotatable bonds is 2. The molecule has 1 saturated heterocycles. The van der Waals surface area contributed by atoms with Crippen molar-refractivity contribution < 1.29 is 9.90 Å². The van der Waals surface area contributed by atoms with E-state index in [2.05, 4.69) is 4.98 Å². The van der Waals surface area contributed by atoms with Crippen molar-refractivity contribution in [2.24, 2.45) is 5.92 Å². The highest BCUT2D eigenvalue weighted by molar-refractivity contribution is 5.93. The summed E-state index contributed by atoms with van der Waals surface area (Å²) >= 11 is 0. The lowest BCUT2D eigenvalue weighted by Gasteiger charge is -2.46. The Kier molecular flexibility index (Phi) is 2.58. The van der Waals surface area contributed by atoms with E-state index < -0.39 is 5.60 Å². The van der Waals surface area contributed by atoms with Gasteiger partial charge in [-0.05, 0) is 37.8 Å². The Labute approximate surface area is 111 Å². The van der Waals surface area contributed by atoms with Crippen LogP contribution in [0.2, 0.25) is 0 Å². The van der Waals surface area contributed by atoms with Crippen LogP contribution in [0.1, 0.15) is 34.6 Å². The van der Waals surface area contributed by atoms with Crippen molar-refractivity contribution in [1.82, 2.24) is 9.88 Å². The molecule has 1 aromatic heterocycles. The minimum Gasteiger partial charge on any atom is -0.386 e. The molecule has 2 heterocycles. The zero-order valence-corrected chi connectivity index (χ0v) is 10.8. The second kappa shape index (κ2) is 4.04. The SMILES string of the molecule is Cc1nc(C(=O)N2CC(O)(C3CC3)C2)ccc1C#N. The van der Waals surface area contributed by atoms with Gasteiger partial charge in [-0.15, -0.1) is 0 Å². The number of aromatic nitrogens is 1. The lowest BCUT2D eigenvalue weighted by molar-refractivity contribution is -0.0959. The fraction of sp³-hybridized carbons (Fsp3) is 0.500. The van der Waals surface area contributed by atoms with E-state index in [4.69, 9.17) is 5.26 Å². The van der Waals surface area contributed by atoms with Gasteiger partial charge in [-0.3, -0.25) is 4.79 Å². The van der Waals surface area contributed by atoms with E-state index in [0.717, 1.165) is 12.8 Å². The Balaban J connectivity index is 1.72. The topological polar surface area (TPSA) is 77.2 Å². The average molecular weight is 257 g/mol. The molecule has 0 radical (unpaired) electrons. The molecule has 1 saturated carbocycles. The number of hydrogen-bond acceptors (Lipinski definition) is 4. The molecule has 1 aliphatic heterocycles. The molecule has 19 heavy (non-hydrogen) atoms. The van der Waals surface area contributed by atoms with Gasteiger partial charge in [-0.25, -0.2) is 4.98 Å². The third-order valence-electron chi connectivity index (χ3n) is 3.98. The second-order valence-electron chi connectivity index (χ2n) is 5.48. The molecule has 3 rings (SSSR count). The number of carbonyl (C=O) groups is 1. The summed E-state index contributed by atoms with van der Waals surface area (Å²) < 4.78 is 0. The molecule has 0 atom stereocenters. The van der Waals surface area contributed by atoms with Gasteiger partial charge >= 0.3 is 0 Å². The van der Waals surface area contributed by atoms with E-state index in [-0.39, 0.29) is 5.91 Å². The smallest absolute Gasteiger partial charge is 0.272 e. The van der Waals surface area contributed by atoms with Crippen LogP contribution >= 0.6 is 0 Å². The van der Waals surface area contributed by atoms with Crippen molar-refractivity contribution >= 4 is 5.91 Å². The molecule has 0 spiro atoms. The summed E-state index contributed by atoms with van der Waals surface area (Å²) in [5.41, 5.74) is 0.715. The largest absolute Gasteiger partial charge is 0.386 e. The van der Waals surface area contributed by atoms with E-state index in [0.29, 0.717) is 36.0 Å². The van der Waals surface area contributed by atoms with Gasteiger partial charge in [0.05, 0.1) is 24.3 Å². The number of pyridine rings is 1. The van der Waals surface area contributed by atoms with Crippen LogP contribution < -0.4 is 0 Å². The Morgan fingerprint density at radius 3 is 2.74 bits per heavy atom. The molecule has 0 bridgehead atoms. The molecule has 0 unspecified atom stereocenters. The van der Waals surface area contributed by atoms with Gasteiger partial charge in [0.1, 0.15) is 17.4 Å². The van der Waals surface area contributed by atoms with Gasteiger partial charge in [0.2, 0.25) is 0 Å². The minimum atomic E-state index is -0.669. The number of likely N-dealkylation sites (tertiary alicyclic amines) is 1. The second-order valence-corrected chi connectivity index (χ2v) is 5.48. The summed E-state index contributed by atoms with van der Waals surface area (Å²) in [6, 6.07) is 5.21. The predicted octanol–water partition coefficient (Wildman–Crippen LogP) is 0.859.